The van der Waals surface area contributed by atoms with Gasteiger partial charge in [0, 0.05) is 23.3 Å². The molecular weight excluding hydrogens is 294 g/mol. The predicted molar refractivity (Wildman–Crippen MR) is 80.1 cm³/mol. The molecule has 21 heavy (non-hydrogen) atoms. The van der Waals surface area contributed by atoms with E-state index in [0.29, 0.717) is 5.69 Å². The maximum absolute atomic E-state index is 12.1. The summed E-state index contributed by atoms with van der Waals surface area (Å²) in [6, 6.07) is 10.8. The predicted octanol–water partition coefficient (Wildman–Crippen LogP) is 2.76. The van der Waals surface area contributed by atoms with Crippen molar-refractivity contribution in [2.24, 2.45) is 0 Å². The van der Waals surface area contributed by atoms with Crippen molar-refractivity contribution in [3.05, 3.63) is 68.7 Å². The highest BCUT2D eigenvalue weighted by Gasteiger charge is 2.20. The van der Waals surface area contributed by atoms with E-state index in [1.165, 1.54) is 18.2 Å². The van der Waals surface area contributed by atoms with Crippen LogP contribution in [0.25, 0.3) is 0 Å². The Morgan fingerprint density at radius 2 is 1.90 bits per heavy atom. The van der Waals surface area contributed by atoms with Crippen molar-refractivity contribution >= 4 is 28.9 Å². The molecule has 0 radical (unpaired) electrons. The summed E-state index contributed by atoms with van der Waals surface area (Å²) in [5.74, 6) is -0.555. The number of carbonyl (C=O) groups excluding carboxylic acids is 1. The van der Waals surface area contributed by atoms with Crippen LogP contribution in [0.3, 0.4) is 0 Å². The summed E-state index contributed by atoms with van der Waals surface area (Å²) in [7, 11) is 0. The van der Waals surface area contributed by atoms with Gasteiger partial charge in [0.25, 0.3) is 11.6 Å². The summed E-state index contributed by atoms with van der Waals surface area (Å²) in [6.07, 6.45) is 0. The van der Waals surface area contributed by atoms with E-state index in [4.69, 9.17) is 17.3 Å². The van der Waals surface area contributed by atoms with Crippen LogP contribution < -0.4 is 11.1 Å². The molecule has 3 N–H and O–H groups in total. The highest BCUT2D eigenvalue weighted by atomic mass is 35.5. The molecule has 6 nitrogen and oxygen atoms in total. The highest BCUT2D eigenvalue weighted by Crippen LogP contribution is 2.22. The van der Waals surface area contributed by atoms with Gasteiger partial charge in [-0.05, 0) is 29.8 Å². The number of hydrogen-bond donors (Lipinski definition) is 2. The van der Waals surface area contributed by atoms with Crippen LogP contribution in [0.1, 0.15) is 15.9 Å². The number of benzene rings is 2. The van der Waals surface area contributed by atoms with Crippen molar-refractivity contribution in [2.75, 3.05) is 5.73 Å². The van der Waals surface area contributed by atoms with Crippen LogP contribution >= 0.6 is 11.6 Å². The Labute approximate surface area is 125 Å². The Morgan fingerprint density at radius 1 is 1.24 bits per heavy atom. The van der Waals surface area contributed by atoms with Crippen LogP contribution in [0.4, 0.5) is 11.4 Å². The molecule has 2 aromatic rings. The number of nitrogens with two attached hydrogens (primary N) is 1. The zero-order valence-electron chi connectivity index (χ0n) is 10.9. The fourth-order valence-electron chi connectivity index (χ4n) is 1.76. The summed E-state index contributed by atoms with van der Waals surface area (Å²) in [5, 5.41) is 13.8. The molecule has 7 heteroatoms. The first kappa shape index (κ1) is 14.8. The lowest BCUT2D eigenvalue weighted by atomic mass is 10.1. The van der Waals surface area contributed by atoms with E-state index in [2.05, 4.69) is 5.32 Å². The lowest BCUT2D eigenvalue weighted by Gasteiger charge is -2.07. The number of amides is 1. The molecule has 0 unspecified atom stereocenters. The van der Waals surface area contributed by atoms with Crippen LogP contribution in [0, 0.1) is 10.1 Å². The molecular formula is C14H12ClN3O3. The van der Waals surface area contributed by atoms with Gasteiger partial charge in [-0.1, -0.05) is 23.7 Å². The number of nitrogen functional groups attached to an aromatic ring is 1. The average molecular weight is 306 g/mol. The van der Waals surface area contributed by atoms with Gasteiger partial charge >= 0.3 is 0 Å². The molecule has 0 aliphatic rings. The standard InChI is InChI=1S/C14H12ClN3O3/c15-10-3-6-13(18(20)21)12(7-10)14(19)17-8-9-1-4-11(16)5-2-9/h1-7H,8,16H2,(H,17,19). The smallest absolute Gasteiger partial charge is 0.282 e. The summed E-state index contributed by atoms with van der Waals surface area (Å²) in [6.45, 7) is 0.239. The van der Waals surface area contributed by atoms with Crippen LogP contribution in [-0.2, 0) is 6.54 Å². The van der Waals surface area contributed by atoms with Crippen LogP contribution in [-0.4, -0.2) is 10.8 Å². The minimum atomic E-state index is -0.617. The second-order valence-electron chi connectivity index (χ2n) is 4.34. The fourth-order valence-corrected chi connectivity index (χ4v) is 1.93. The third-order valence-electron chi connectivity index (χ3n) is 2.83. The first-order chi connectivity index (χ1) is 9.97. The Bertz CT molecular complexity index is 686. The minimum Gasteiger partial charge on any atom is -0.399 e. The zero-order chi connectivity index (χ0) is 15.4. The second-order valence-corrected chi connectivity index (χ2v) is 4.78. The first-order valence-corrected chi connectivity index (χ1v) is 6.42. The number of carbonyl (C=O) groups is 1. The Balaban J connectivity index is 2.15. The Hall–Kier alpha value is -2.60. The van der Waals surface area contributed by atoms with Crippen molar-refractivity contribution in [3.63, 3.8) is 0 Å². The molecule has 0 bridgehead atoms. The molecule has 0 spiro atoms. The van der Waals surface area contributed by atoms with E-state index in [1.807, 2.05) is 0 Å². The number of halogens is 1. The highest BCUT2D eigenvalue weighted by molar-refractivity contribution is 6.31. The zero-order valence-corrected chi connectivity index (χ0v) is 11.6. The van der Waals surface area contributed by atoms with E-state index < -0.39 is 10.8 Å². The number of nitro groups is 1. The average Bonchev–Trinajstić information content (AvgIpc) is 2.46. The van der Waals surface area contributed by atoms with E-state index in [1.54, 1.807) is 24.3 Å². The fraction of sp³-hybridized carbons (Fsp3) is 0.0714. The molecule has 2 aromatic carbocycles. The number of nitro benzene ring substituents is 1. The SMILES string of the molecule is Nc1ccc(CNC(=O)c2cc(Cl)ccc2[N+](=O)[O-])cc1. The van der Waals surface area contributed by atoms with E-state index in [0.717, 1.165) is 5.56 Å². The summed E-state index contributed by atoms with van der Waals surface area (Å²) in [5.41, 5.74) is 6.67. The number of rotatable bonds is 4. The number of anilines is 1. The lowest BCUT2D eigenvalue weighted by molar-refractivity contribution is -0.385. The van der Waals surface area contributed by atoms with Crippen molar-refractivity contribution in [3.8, 4) is 0 Å². The molecule has 0 heterocycles. The van der Waals surface area contributed by atoms with Gasteiger partial charge in [-0.3, -0.25) is 14.9 Å². The summed E-state index contributed by atoms with van der Waals surface area (Å²) >= 11 is 5.78. The number of nitrogens with zero attached hydrogens (tertiary/aromatic N) is 1. The number of hydrogen-bond acceptors (Lipinski definition) is 4. The van der Waals surface area contributed by atoms with E-state index in [-0.39, 0.29) is 22.8 Å². The topological polar surface area (TPSA) is 98.3 Å². The van der Waals surface area contributed by atoms with Gasteiger partial charge in [-0.15, -0.1) is 0 Å². The molecule has 0 aliphatic carbocycles. The maximum Gasteiger partial charge on any atom is 0.282 e. The van der Waals surface area contributed by atoms with Gasteiger partial charge < -0.3 is 11.1 Å². The molecule has 108 valence electrons. The molecule has 0 atom stereocenters. The molecule has 0 aromatic heterocycles. The van der Waals surface area contributed by atoms with Gasteiger partial charge in [0.05, 0.1) is 4.92 Å². The largest absolute Gasteiger partial charge is 0.399 e. The normalized spacial score (nSPS) is 10.1. The number of nitrogens with one attached hydrogen (secondary N) is 1. The first-order valence-electron chi connectivity index (χ1n) is 6.04. The Morgan fingerprint density at radius 3 is 2.52 bits per heavy atom. The van der Waals surface area contributed by atoms with Gasteiger partial charge in [0.1, 0.15) is 5.56 Å². The monoisotopic (exact) mass is 305 g/mol. The minimum absolute atomic E-state index is 0.0667. The molecule has 0 fully saturated rings. The molecule has 2 rings (SSSR count). The lowest BCUT2D eigenvalue weighted by Crippen LogP contribution is -2.23. The van der Waals surface area contributed by atoms with Gasteiger partial charge in [-0.2, -0.15) is 0 Å². The van der Waals surface area contributed by atoms with Crippen LogP contribution in [0.5, 0.6) is 0 Å². The summed E-state index contributed by atoms with van der Waals surface area (Å²) in [4.78, 5) is 22.4. The van der Waals surface area contributed by atoms with Gasteiger partial charge in [-0.25, -0.2) is 0 Å². The van der Waals surface area contributed by atoms with E-state index in [9.17, 15) is 14.9 Å². The molecule has 0 aliphatic heterocycles. The van der Waals surface area contributed by atoms with Crippen LogP contribution in [0.2, 0.25) is 5.02 Å². The van der Waals surface area contributed by atoms with Crippen LogP contribution in [0.15, 0.2) is 42.5 Å². The maximum atomic E-state index is 12.1. The van der Waals surface area contributed by atoms with Crippen molar-refractivity contribution < 1.29 is 9.72 Å². The van der Waals surface area contributed by atoms with Gasteiger partial charge in [0.2, 0.25) is 0 Å². The molecule has 0 saturated heterocycles. The van der Waals surface area contributed by atoms with Crippen molar-refractivity contribution in [2.45, 2.75) is 6.54 Å². The molecule has 1 amide bonds. The second kappa shape index (κ2) is 6.23. The molecule has 0 saturated carbocycles. The Kier molecular flexibility index (Phi) is 4.39. The van der Waals surface area contributed by atoms with Crippen molar-refractivity contribution in [1.29, 1.82) is 0 Å². The quantitative estimate of drug-likeness (QED) is 0.515. The van der Waals surface area contributed by atoms with Gasteiger partial charge in [0.15, 0.2) is 0 Å². The van der Waals surface area contributed by atoms with Crippen molar-refractivity contribution in [1.82, 2.24) is 5.32 Å². The third kappa shape index (κ3) is 3.70. The van der Waals surface area contributed by atoms with E-state index >= 15 is 0 Å². The summed E-state index contributed by atoms with van der Waals surface area (Å²) < 4.78 is 0. The third-order valence-corrected chi connectivity index (χ3v) is 3.07.